The predicted molar refractivity (Wildman–Crippen MR) is 55.6 cm³/mol. The number of carbonyl (C=O) groups excluding carboxylic acids is 1. The second kappa shape index (κ2) is 3.96. The maximum atomic E-state index is 11.5. The van der Waals surface area contributed by atoms with Gasteiger partial charge < -0.3 is 9.73 Å². The van der Waals surface area contributed by atoms with E-state index < -0.39 is 0 Å². The van der Waals surface area contributed by atoms with Crippen LogP contribution >= 0.6 is 0 Å². The molecule has 2 aromatic heterocycles. The summed E-state index contributed by atoms with van der Waals surface area (Å²) >= 11 is 0. The van der Waals surface area contributed by atoms with E-state index in [0.29, 0.717) is 11.4 Å². The van der Waals surface area contributed by atoms with Gasteiger partial charge in [-0.3, -0.25) is 4.79 Å². The predicted octanol–water partition coefficient (Wildman–Crippen LogP) is 2.24. The number of aromatic nitrogens is 1. The molecule has 4 nitrogen and oxygen atoms in total. The van der Waals surface area contributed by atoms with Crippen molar-refractivity contribution in [3.63, 3.8) is 0 Å². The number of hydrogen-bond donors (Lipinski definition) is 1. The molecule has 1 N–H and O–H groups in total. The molecule has 15 heavy (non-hydrogen) atoms. The zero-order chi connectivity index (χ0) is 10.7. The first-order chi connectivity index (χ1) is 7.25. The number of nitrogens with one attached hydrogen (secondary N) is 1. The standard InChI is InChI=1S/C11H10N2O2/c1-8-2-3-10(12-6-8)13-11(14)9-4-5-15-7-9/h2-7H,1H3,(H,12,13,14). The number of anilines is 1. The van der Waals surface area contributed by atoms with E-state index in [1.807, 2.05) is 13.0 Å². The maximum Gasteiger partial charge on any atom is 0.260 e. The highest BCUT2D eigenvalue weighted by atomic mass is 16.3. The molecular weight excluding hydrogens is 192 g/mol. The van der Waals surface area contributed by atoms with Crippen LogP contribution in [0.1, 0.15) is 15.9 Å². The van der Waals surface area contributed by atoms with Crippen molar-refractivity contribution < 1.29 is 9.21 Å². The topological polar surface area (TPSA) is 55.1 Å². The molecule has 0 aliphatic heterocycles. The lowest BCUT2D eigenvalue weighted by atomic mass is 10.3. The van der Waals surface area contributed by atoms with Crippen LogP contribution in [-0.4, -0.2) is 10.9 Å². The Morgan fingerprint density at radius 3 is 2.87 bits per heavy atom. The van der Waals surface area contributed by atoms with E-state index in [2.05, 4.69) is 10.3 Å². The summed E-state index contributed by atoms with van der Waals surface area (Å²) < 4.78 is 4.81. The van der Waals surface area contributed by atoms with Crippen LogP contribution in [0.15, 0.2) is 41.3 Å². The van der Waals surface area contributed by atoms with Gasteiger partial charge in [0.2, 0.25) is 0 Å². The lowest BCUT2D eigenvalue weighted by Gasteiger charge is -2.01. The van der Waals surface area contributed by atoms with E-state index in [1.54, 1.807) is 18.3 Å². The molecular formula is C11H10N2O2. The van der Waals surface area contributed by atoms with Crippen LogP contribution in [0, 0.1) is 6.92 Å². The average Bonchev–Trinajstić information content (AvgIpc) is 2.74. The van der Waals surface area contributed by atoms with Crippen LogP contribution in [0.4, 0.5) is 5.82 Å². The number of amides is 1. The van der Waals surface area contributed by atoms with Crippen LogP contribution in [0.5, 0.6) is 0 Å². The number of hydrogen-bond acceptors (Lipinski definition) is 3. The molecule has 1 amide bonds. The highest BCUT2D eigenvalue weighted by Gasteiger charge is 2.06. The van der Waals surface area contributed by atoms with E-state index in [0.717, 1.165) is 5.56 Å². The third kappa shape index (κ3) is 2.22. The summed E-state index contributed by atoms with van der Waals surface area (Å²) in [7, 11) is 0. The quantitative estimate of drug-likeness (QED) is 0.812. The minimum absolute atomic E-state index is 0.222. The number of furan rings is 1. The van der Waals surface area contributed by atoms with Gasteiger partial charge in [-0.2, -0.15) is 0 Å². The zero-order valence-electron chi connectivity index (χ0n) is 8.23. The monoisotopic (exact) mass is 202 g/mol. The molecule has 0 aromatic carbocycles. The lowest BCUT2D eigenvalue weighted by Crippen LogP contribution is -2.11. The van der Waals surface area contributed by atoms with Gasteiger partial charge in [-0.15, -0.1) is 0 Å². The van der Waals surface area contributed by atoms with Crippen LogP contribution in [0.3, 0.4) is 0 Å². The summed E-state index contributed by atoms with van der Waals surface area (Å²) in [6.07, 6.45) is 4.55. The molecule has 2 rings (SSSR count). The minimum atomic E-state index is -0.222. The van der Waals surface area contributed by atoms with E-state index in [-0.39, 0.29) is 5.91 Å². The summed E-state index contributed by atoms with van der Waals surface area (Å²) in [5, 5.41) is 2.66. The average molecular weight is 202 g/mol. The van der Waals surface area contributed by atoms with Crippen molar-refractivity contribution >= 4 is 11.7 Å². The third-order valence-corrected chi connectivity index (χ3v) is 1.94. The normalized spacial score (nSPS) is 9.93. The fraction of sp³-hybridized carbons (Fsp3) is 0.0909. The largest absolute Gasteiger partial charge is 0.472 e. The molecule has 0 radical (unpaired) electrons. The van der Waals surface area contributed by atoms with Gasteiger partial charge in [0.25, 0.3) is 5.91 Å². The molecule has 2 aromatic rings. The molecule has 0 spiro atoms. The number of aryl methyl sites for hydroxylation is 1. The Hall–Kier alpha value is -2.10. The summed E-state index contributed by atoms with van der Waals surface area (Å²) in [5.74, 6) is 0.312. The Morgan fingerprint density at radius 2 is 2.27 bits per heavy atom. The van der Waals surface area contributed by atoms with E-state index in [1.165, 1.54) is 12.5 Å². The van der Waals surface area contributed by atoms with Crippen molar-refractivity contribution in [2.45, 2.75) is 6.92 Å². The zero-order valence-corrected chi connectivity index (χ0v) is 8.23. The van der Waals surface area contributed by atoms with Crippen LogP contribution in [0.25, 0.3) is 0 Å². The molecule has 0 saturated heterocycles. The number of carbonyl (C=O) groups is 1. The molecule has 0 aliphatic rings. The Kier molecular flexibility index (Phi) is 2.49. The summed E-state index contributed by atoms with van der Waals surface area (Å²) in [6.45, 7) is 1.94. The van der Waals surface area contributed by atoms with Gasteiger partial charge in [-0.05, 0) is 24.6 Å². The van der Waals surface area contributed by atoms with Crippen molar-refractivity contribution in [1.29, 1.82) is 0 Å². The molecule has 0 atom stereocenters. The van der Waals surface area contributed by atoms with Gasteiger partial charge >= 0.3 is 0 Å². The smallest absolute Gasteiger partial charge is 0.260 e. The van der Waals surface area contributed by atoms with Gasteiger partial charge in [0.15, 0.2) is 0 Å². The Bertz CT molecular complexity index is 446. The Balaban J connectivity index is 2.09. The highest BCUT2D eigenvalue weighted by molar-refractivity contribution is 6.03. The summed E-state index contributed by atoms with van der Waals surface area (Å²) in [5.41, 5.74) is 1.54. The fourth-order valence-corrected chi connectivity index (χ4v) is 1.12. The van der Waals surface area contributed by atoms with Gasteiger partial charge in [-0.25, -0.2) is 4.98 Å². The van der Waals surface area contributed by atoms with Gasteiger partial charge in [0, 0.05) is 6.20 Å². The summed E-state index contributed by atoms with van der Waals surface area (Å²) in [4.78, 5) is 15.6. The minimum Gasteiger partial charge on any atom is -0.472 e. The second-order valence-electron chi connectivity index (χ2n) is 3.19. The van der Waals surface area contributed by atoms with E-state index in [9.17, 15) is 4.79 Å². The summed E-state index contributed by atoms with van der Waals surface area (Å²) in [6, 6.07) is 5.24. The van der Waals surface area contributed by atoms with Crippen molar-refractivity contribution in [2.75, 3.05) is 5.32 Å². The molecule has 4 heteroatoms. The molecule has 0 unspecified atom stereocenters. The molecule has 76 valence electrons. The Labute approximate surface area is 86.9 Å². The van der Waals surface area contributed by atoms with Crippen molar-refractivity contribution in [3.8, 4) is 0 Å². The molecule has 2 heterocycles. The number of nitrogens with zero attached hydrogens (tertiary/aromatic N) is 1. The maximum absolute atomic E-state index is 11.5. The first kappa shape index (κ1) is 9.45. The second-order valence-corrected chi connectivity index (χ2v) is 3.19. The van der Waals surface area contributed by atoms with Crippen molar-refractivity contribution in [3.05, 3.63) is 48.0 Å². The first-order valence-electron chi connectivity index (χ1n) is 4.52. The number of pyridine rings is 1. The third-order valence-electron chi connectivity index (χ3n) is 1.94. The van der Waals surface area contributed by atoms with Crippen LogP contribution in [0.2, 0.25) is 0 Å². The van der Waals surface area contributed by atoms with Crippen LogP contribution < -0.4 is 5.32 Å². The van der Waals surface area contributed by atoms with E-state index in [4.69, 9.17) is 4.42 Å². The SMILES string of the molecule is Cc1ccc(NC(=O)c2ccoc2)nc1. The van der Waals surface area contributed by atoms with E-state index >= 15 is 0 Å². The molecule has 0 fully saturated rings. The number of rotatable bonds is 2. The fourth-order valence-electron chi connectivity index (χ4n) is 1.12. The van der Waals surface area contributed by atoms with Crippen LogP contribution in [-0.2, 0) is 0 Å². The van der Waals surface area contributed by atoms with Crippen molar-refractivity contribution in [2.24, 2.45) is 0 Å². The van der Waals surface area contributed by atoms with Gasteiger partial charge in [0.05, 0.1) is 11.8 Å². The molecule has 0 bridgehead atoms. The first-order valence-corrected chi connectivity index (χ1v) is 4.52. The van der Waals surface area contributed by atoms with Gasteiger partial charge in [-0.1, -0.05) is 6.07 Å². The van der Waals surface area contributed by atoms with Gasteiger partial charge in [0.1, 0.15) is 12.1 Å². The highest BCUT2D eigenvalue weighted by Crippen LogP contribution is 2.07. The lowest BCUT2D eigenvalue weighted by molar-refractivity contribution is 0.102. The molecule has 0 aliphatic carbocycles. The Morgan fingerprint density at radius 1 is 1.40 bits per heavy atom. The van der Waals surface area contributed by atoms with Crippen molar-refractivity contribution in [1.82, 2.24) is 4.98 Å². The molecule has 0 saturated carbocycles.